The van der Waals surface area contributed by atoms with Gasteiger partial charge in [-0.1, -0.05) is 31.4 Å². The van der Waals surface area contributed by atoms with Crippen molar-refractivity contribution in [1.29, 1.82) is 10.5 Å². The van der Waals surface area contributed by atoms with Gasteiger partial charge in [-0.05, 0) is 91.3 Å². The standard InChI is InChI=1S/C37H38N8OS/c38-22-28-6-8-30(9-7-28)25-44-27-40-24-35(44)26-45(36(46)31-12-10-29(23-39)11-13-31)34-16-14-33(15-17-34)42-18-20-43(21-19-42)37(47)41-32-4-2-1-3-5-32/h6-17,24,27,32H,1-5,18-21,25-26H2,(H,41,47). The van der Waals surface area contributed by atoms with Crippen molar-refractivity contribution in [2.45, 2.75) is 51.2 Å². The third-order valence-corrected chi connectivity index (χ3v) is 9.46. The van der Waals surface area contributed by atoms with Gasteiger partial charge in [0, 0.05) is 61.9 Å². The summed E-state index contributed by atoms with van der Waals surface area (Å²) in [6.07, 6.45) is 9.84. The van der Waals surface area contributed by atoms with Crippen molar-refractivity contribution in [3.05, 3.63) is 113 Å². The Balaban J connectivity index is 1.17. The monoisotopic (exact) mass is 642 g/mol. The molecule has 0 radical (unpaired) electrons. The molecule has 0 unspecified atom stereocenters. The molecule has 0 atom stereocenters. The van der Waals surface area contributed by atoms with E-state index in [1.807, 2.05) is 28.8 Å². The summed E-state index contributed by atoms with van der Waals surface area (Å²) in [6, 6.07) is 27.1. The van der Waals surface area contributed by atoms with E-state index in [1.54, 1.807) is 53.8 Å². The minimum atomic E-state index is -0.166. The molecule has 0 spiro atoms. The van der Waals surface area contributed by atoms with Gasteiger partial charge in [0.25, 0.3) is 5.91 Å². The minimum Gasteiger partial charge on any atom is -0.368 e. The highest BCUT2D eigenvalue weighted by Crippen LogP contribution is 2.26. The number of hydrogen-bond acceptors (Lipinski definition) is 6. The number of thiocarbonyl (C=S) groups is 1. The second kappa shape index (κ2) is 14.9. The van der Waals surface area contributed by atoms with Crippen molar-refractivity contribution in [2.24, 2.45) is 0 Å². The lowest BCUT2D eigenvalue weighted by Gasteiger charge is -2.38. The Labute approximate surface area is 281 Å². The summed E-state index contributed by atoms with van der Waals surface area (Å²) in [7, 11) is 0. The van der Waals surface area contributed by atoms with Crippen LogP contribution < -0.4 is 15.1 Å². The quantitative estimate of drug-likeness (QED) is 0.239. The van der Waals surface area contributed by atoms with Gasteiger partial charge < -0.3 is 24.6 Å². The summed E-state index contributed by atoms with van der Waals surface area (Å²) in [5.74, 6) is -0.166. The first-order chi connectivity index (χ1) is 23.0. The Kier molecular flexibility index (Phi) is 10.1. The third-order valence-electron chi connectivity index (χ3n) is 9.09. The maximum atomic E-state index is 14.0. The summed E-state index contributed by atoms with van der Waals surface area (Å²) in [5, 5.41) is 22.9. The predicted molar refractivity (Wildman–Crippen MR) is 187 cm³/mol. The van der Waals surface area contributed by atoms with Crippen molar-refractivity contribution < 1.29 is 4.79 Å². The van der Waals surface area contributed by atoms with Crippen LogP contribution in [0, 0.1) is 22.7 Å². The average Bonchev–Trinajstić information content (AvgIpc) is 3.57. The number of anilines is 2. The Hall–Kier alpha value is -5.19. The van der Waals surface area contributed by atoms with Crippen molar-refractivity contribution >= 4 is 34.6 Å². The number of amides is 1. The van der Waals surface area contributed by atoms with Gasteiger partial charge in [0.1, 0.15) is 0 Å². The molecular formula is C37H38N8OS. The van der Waals surface area contributed by atoms with Gasteiger partial charge in [-0.15, -0.1) is 0 Å². The van der Waals surface area contributed by atoms with Gasteiger partial charge in [0.05, 0.1) is 41.8 Å². The Bertz CT molecular complexity index is 1760. The van der Waals surface area contributed by atoms with Crippen LogP contribution in [0.25, 0.3) is 0 Å². The number of piperazine rings is 1. The zero-order chi connectivity index (χ0) is 32.6. The molecular weight excluding hydrogens is 605 g/mol. The number of aromatic nitrogens is 2. The van der Waals surface area contributed by atoms with E-state index in [4.69, 9.17) is 17.5 Å². The van der Waals surface area contributed by atoms with Crippen LogP contribution in [0.1, 0.15) is 64.8 Å². The zero-order valence-corrected chi connectivity index (χ0v) is 27.2. The molecule has 6 rings (SSSR count). The Morgan fingerprint density at radius 3 is 2.15 bits per heavy atom. The van der Waals surface area contributed by atoms with Gasteiger partial charge in [0.15, 0.2) is 5.11 Å². The van der Waals surface area contributed by atoms with Crippen LogP contribution in [0.3, 0.4) is 0 Å². The first-order valence-electron chi connectivity index (χ1n) is 16.2. The third kappa shape index (κ3) is 7.79. The molecule has 2 heterocycles. The maximum Gasteiger partial charge on any atom is 0.258 e. The molecule has 1 aromatic heterocycles. The highest BCUT2D eigenvalue weighted by atomic mass is 32.1. The molecule has 2 aliphatic rings. The largest absolute Gasteiger partial charge is 0.368 e. The van der Waals surface area contributed by atoms with E-state index in [-0.39, 0.29) is 5.91 Å². The summed E-state index contributed by atoms with van der Waals surface area (Å²) >= 11 is 5.76. The number of imidazole rings is 1. The van der Waals surface area contributed by atoms with Gasteiger partial charge in [0.2, 0.25) is 0 Å². The number of nitrogens with one attached hydrogen (secondary N) is 1. The first kappa shape index (κ1) is 31.8. The average molecular weight is 643 g/mol. The molecule has 10 heteroatoms. The molecule has 1 amide bonds. The summed E-state index contributed by atoms with van der Waals surface area (Å²) in [6.45, 7) is 4.34. The molecule has 9 nitrogen and oxygen atoms in total. The van der Waals surface area contributed by atoms with Crippen LogP contribution in [0.5, 0.6) is 0 Å². The molecule has 4 aromatic rings. The first-order valence-corrected chi connectivity index (χ1v) is 16.6. The predicted octanol–water partition coefficient (Wildman–Crippen LogP) is 5.85. The molecule has 238 valence electrons. The second-order valence-electron chi connectivity index (χ2n) is 12.2. The SMILES string of the molecule is N#Cc1ccc(Cn2cncc2CN(C(=O)c2ccc(C#N)cc2)c2ccc(N3CCN(C(=S)NC4CCCCC4)CC3)cc2)cc1. The van der Waals surface area contributed by atoms with Gasteiger partial charge in [-0.3, -0.25) is 4.79 Å². The minimum absolute atomic E-state index is 0.166. The van der Waals surface area contributed by atoms with Crippen LogP contribution in [-0.2, 0) is 13.1 Å². The smallest absolute Gasteiger partial charge is 0.258 e. The van der Waals surface area contributed by atoms with E-state index in [1.165, 1.54) is 32.1 Å². The van der Waals surface area contributed by atoms with Gasteiger partial charge >= 0.3 is 0 Å². The second-order valence-corrected chi connectivity index (χ2v) is 12.6. The lowest BCUT2D eigenvalue weighted by molar-refractivity contribution is 0.0984. The van der Waals surface area contributed by atoms with E-state index in [2.05, 4.69) is 44.4 Å². The molecule has 3 aromatic carbocycles. The lowest BCUT2D eigenvalue weighted by Crippen LogP contribution is -2.53. The van der Waals surface area contributed by atoms with E-state index < -0.39 is 0 Å². The number of nitriles is 2. The molecule has 47 heavy (non-hydrogen) atoms. The number of carbonyl (C=O) groups is 1. The fourth-order valence-corrected chi connectivity index (χ4v) is 6.66. The van der Waals surface area contributed by atoms with Crippen LogP contribution in [0.4, 0.5) is 11.4 Å². The molecule has 0 bridgehead atoms. The van der Waals surface area contributed by atoms with Gasteiger partial charge in [-0.2, -0.15) is 10.5 Å². The molecule has 1 saturated carbocycles. The lowest BCUT2D eigenvalue weighted by atomic mass is 9.96. The van der Waals surface area contributed by atoms with Crippen molar-refractivity contribution in [2.75, 3.05) is 36.0 Å². The van der Waals surface area contributed by atoms with E-state index in [9.17, 15) is 10.1 Å². The maximum absolute atomic E-state index is 14.0. The number of carbonyl (C=O) groups excluding carboxylic acids is 1. The Morgan fingerprint density at radius 2 is 1.51 bits per heavy atom. The van der Waals surface area contributed by atoms with Gasteiger partial charge in [-0.25, -0.2) is 4.98 Å². The molecule has 1 saturated heterocycles. The highest BCUT2D eigenvalue weighted by Gasteiger charge is 2.24. The zero-order valence-electron chi connectivity index (χ0n) is 26.4. The van der Waals surface area contributed by atoms with Crippen LogP contribution >= 0.6 is 12.2 Å². The fraction of sp³-hybridized carbons (Fsp3) is 0.324. The highest BCUT2D eigenvalue weighted by molar-refractivity contribution is 7.80. The number of hydrogen-bond donors (Lipinski definition) is 1. The van der Waals surface area contributed by atoms with Crippen LogP contribution in [-0.4, -0.2) is 57.7 Å². The summed E-state index contributed by atoms with van der Waals surface area (Å²) < 4.78 is 2.02. The van der Waals surface area contributed by atoms with Crippen LogP contribution in [0.2, 0.25) is 0 Å². The molecule has 1 aliphatic heterocycles. The Morgan fingerprint density at radius 1 is 0.872 bits per heavy atom. The van der Waals surface area contributed by atoms with E-state index >= 15 is 0 Å². The summed E-state index contributed by atoms with van der Waals surface area (Å²) in [5.41, 5.74) is 5.39. The normalized spacial score (nSPS) is 15.0. The van der Waals surface area contributed by atoms with Crippen LogP contribution in [0.15, 0.2) is 85.3 Å². The number of rotatable bonds is 8. The number of benzene rings is 3. The van der Waals surface area contributed by atoms with E-state index in [0.29, 0.717) is 35.8 Å². The fourth-order valence-electron chi connectivity index (χ4n) is 6.31. The summed E-state index contributed by atoms with van der Waals surface area (Å²) in [4.78, 5) is 24.8. The van der Waals surface area contributed by atoms with Crippen molar-refractivity contribution in [3.8, 4) is 12.1 Å². The number of nitrogens with zero attached hydrogens (tertiary/aromatic N) is 7. The topological polar surface area (TPSA) is 104 Å². The molecule has 1 N–H and O–H groups in total. The molecule has 1 aliphatic carbocycles. The van der Waals surface area contributed by atoms with Crippen molar-refractivity contribution in [1.82, 2.24) is 19.8 Å². The molecule has 2 fully saturated rings. The van der Waals surface area contributed by atoms with E-state index in [0.717, 1.165) is 53.9 Å². The van der Waals surface area contributed by atoms with Crippen molar-refractivity contribution in [3.63, 3.8) is 0 Å².